The number of fused-ring (bicyclic) bond motifs is 1. The maximum atomic E-state index is 12.2. The highest BCUT2D eigenvalue weighted by molar-refractivity contribution is 7.88. The molecule has 0 spiro atoms. The van der Waals surface area contributed by atoms with Crippen LogP contribution in [-0.4, -0.2) is 44.8 Å². The first kappa shape index (κ1) is 23.8. The lowest BCUT2D eigenvalue weighted by atomic mass is 10.2. The van der Waals surface area contributed by atoms with Gasteiger partial charge < -0.3 is 19.0 Å². The fraction of sp³-hybridized carbons (Fsp3) is 0.211. The number of anilines is 2. The molecule has 0 aliphatic rings. The molecule has 10 nitrogen and oxygen atoms in total. The van der Waals surface area contributed by atoms with E-state index in [1.165, 1.54) is 44.8 Å². The van der Waals surface area contributed by atoms with Gasteiger partial charge in [0.05, 0.1) is 25.4 Å². The van der Waals surface area contributed by atoms with Gasteiger partial charge in [0.15, 0.2) is 11.5 Å². The normalized spacial score (nSPS) is 11.7. The van der Waals surface area contributed by atoms with Gasteiger partial charge in [-0.1, -0.05) is 12.1 Å². The first-order valence-electron chi connectivity index (χ1n) is 9.05. The number of alkyl halides is 3. The van der Waals surface area contributed by atoms with E-state index in [4.69, 9.17) is 9.47 Å². The molecule has 0 bridgehead atoms. The number of methoxy groups -OCH3 is 2. The number of halogens is 3. The minimum Gasteiger partial charge on any atom is -0.493 e. The first-order chi connectivity index (χ1) is 15.5. The van der Waals surface area contributed by atoms with Crippen LogP contribution in [0.15, 0.2) is 42.7 Å². The zero-order chi connectivity index (χ0) is 24.2. The van der Waals surface area contributed by atoms with E-state index in [-0.39, 0.29) is 12.2 Å². The molecule has 0 aliphatic heterocycles. The maximum absolute atomic E-state index is 12.2. The Labute approximate surface area is 186 Å². The molecule has 0 saturated carbocycles. The number of hydrogen-bond acceptors (Lipinski definition) is 9. The molecule has 2 aromatic carbocycles. The van der Waals surface area contributed by atoms with Crippen molar-refractivity contribution in [1.29, 1.82) is 0 Å². The Kier molecular flexibility index (Phi) is 6.76. The largest absolute Gasteiger partial charge is 0.493 e. The van der Waals surface area contributed by atoms with Gasteiger partial charge in [0.25, 0.3) is 0 Å². The Balaban J connectivity index is 1.70. The molecule has 3 aromatic rings. The monoisotopic (exact) mass is 486 g/mol. The molecular formula is C19H17F3N4O6S. The van der Waals surface area contributed by atoms with E-state index in [0.717, 1.165) is 0 Å². The SMILES string of the molecule is COc1cc2ncnc(NCc3ccc(NS(=O)(=O)OC(=O)C(F)(F)F)cc3)c2cc1OC. The van der Waals surface area contributed by atoms with Gasteiger partial charge in [0.1, 0.15) is 12.1 Å². The van der Waals surface area contributed by atoms with E-state index >= 15 is 0 Å². The van der Waals surface area contributed by atoms with Crippen molar-refractivity contribution in [2.75, 3.05) is 24.3 Å². The standard InChI is InChI=1S/C19H17F3N4O6S/c1-30-15-7-13-14(8-16(15)31-2)24-10-25-17(13)23-9-11-3-5-12(6-4-11)26-33(28,29)32-18(27)19(20,21)22/h3-8,10,26H,9H2,1-2H3,(H,23,24,25). The summed E-state index contributed by atoms with van der Waals surface area (Å²) >= 11 is 0. The lowest BCUT2D eigenvalue weighted by Gasteiger charge is -2.12. The Morgan fingerprint density at radius 1 is 1.03 bits per heavy atom. The third-order valence-electron chi connectivity index (χ3n) is 4.21. The first-order valence-corrected chi connectivity index (χ1v) is 10.5. The summed E-state index contributed by atoms with van der Waals surface area (Å²) in [6.45, 7) is 0.274. The van der Waals surface area contributed by atoms with Crippen LogP contribution in [-0.2, 0) is 25.8 Å². The molecule has 176 valence electrons. The molecular weight excluding hydrogens is 469 g/mol. The van der Waals surface area contributed by atoms with Crippen LogP contribution in [0.25, 0.3) is 10.9 Å². The minimum atomic E-state index is -5.44. The van der Waals surface area contributed by atoms with Gasteiger partial charge in [-0.3, -0.25) is 4.72 Å². The summed E-state index contributed by atoms with van der Waals surface area (Å²) in [5.74, 6) is -1.34. The summed E-state index contributed by atoms with van der Waals surface area (Å²) < 4.78 is 75.4. The number of rotatable bonds is 8. The summed E-state index contributed by atoms with van der Waals surface area (Å²) in [7, 11) is -1.99. The van der Waals surface area contributed by atoms with Gasteiger partial charge in [0.2, 0.25) is 0 Å². The molecule has 0 fully saturated rings. The fourth-order valence-electron chi connectivity index (χ4n) is 2.71. The molecule has 0 aliphatic carbocycles. The van der Waals surface area contributed by atoms with Crippen LogP contribution in [0, 0.1) is 0 Å². The van der Waals surface area contributed by atoms with E-state index in [0.29, 0.717) is 33.8 Å². The second-order valence-electron chi connectivity index (χ2n) is 6.42. The molecule has 0 unspecified atom stereocenters. The summed E-state index contributed by atoms with van der Waals surface area (Å²) in [6, 6.07) is 9.04. The molecule has 33 heavy (non-hydrogen) atoms. The zero-order valence-electron chi connectivity index (χ0n) is 17.1. The van der Waals surface area contributed by atoms with Gasteiger partial charge >= 0.3 is 22.4 Å². The van der Waals surface area contributed by atoms with E-state index in [1.807, 2.05) is 0 Å². The van der Waals surface area contributed by atoms with Crippen molar-refractivity contribution in [2.45, 2.75) is 12.7 Å². The Morgan fingerprint density at radius 3 is 2.27 bits per heavy atom. The van der Waals surface area contributed by atoms with E-state index in [1.54, 1.807) is 16.9 Å². The molecule has 0 saturated heterocycles. The third kappa shape index (κ3) is 5.91. The predicted molar refractivity (Wildman–Crippen MR) is 111 cm³/mol. The second kappa shape index (κ2) is 9.36. The quantitative estimate of drug-likeness (QED) is 0.494. The highest BCUT2D eigenvalue weighted by Gasteiger charge is 2.44. The number of nitrogens with zero attached hydrogens (tertiary/aromatic N) is 2. The smallest absolute Gasteiger partial charge is 0.492 e. The number of aromatic nitrogens is 2. The predicted octanol–water partition coefficient (Wildman–Crippen LogP) is 3.02. The molecule has 2 N–H and O–H groups in total. The number of hydrogen-bond donors (Lipinski definition) is 2. The number of carbonyl (C=O) groups excluding carboxylic acids is 1. The zero-order valence-corrected chi connectivity index (χ0v) is 18.0. The highest BCUT2D eigenvalue weighted by atomic mass is 32.2. The van der Waals surface area contributed by atoms with Crippen LogP contribution in [0.1, 0.15) is 5.56 Å². The average Bonchev–Trinajstić information content (AvgIpc) is 2.76. The summed E-state index contributed by atoms with van der Waals surface area (Å²) in [6.07, 6.45) is -4.07. The molecule has 0 radical (unpaired) electrons. The number of benzene rings is 2. The molecule has 14 heteroatoms. The van der Waals surface area contributed by atoms with E-state index in [2.05, 4.69) is 19.5 Å². The Hall–Kier alpha value is -3.81. The number of nitrogens with one attached hydrogen (secondary N) is 2. The van der Waals surface area contributed by atoms with Crippen LogP contribution in [0.5, 0.6) is 11.5 Å². The number of ether oxygens (including phenoxy) is 2. The summed E-state index contributed by atoms with van der Waals surface area (Å²) in [5.41, 5.74) is 1.21. The highest BCUT2D eigenvalue weighted by Crippen LogP contribution is 2.33. The number of carbonyl (C=O) groups is 1. The fourth-order valence-corrected chi connectivity index (χ4v) is 3.47. The van der Waals surface area contributed by atoms with Crippen molar-refractivity contribution in [1.82, 2.24) is 9.97 Å². The van der Waals surface area contributed by atoms with Crippen LogP contribution in [0.2, 0.25) is 0 Å². The molecule has 1 heterocycles. The van der Waals surface area contributed by atoms with Gasteiger partial charge in [0, 0.05) is 18.0 Å². The molecule has 1 aromatic heterocycles. The van der Waals surface area contributed by atoms with E-state index in [9.17, 15) is 26.4 Å². The lowest BCUT2D eigenvalue weighted by Crippen LogP contribution is -2.30. The van der Waals surface area contributed by atoms with Crippen molar-refractivity contribution in [2.24, 2.45) is 0 Å². The van der Waals surface area contributed by atoms with Crippen molar-refractivity contribution in [3.63, 3.8) is 0 Å². The van der Waals surface area contributed by atoms with Crippen LogP contribution in [0.4, 0.5) is 24.7 Å². The third-order valence-corrected chi connectivity index (χ3v) is 5.07. The molecule has 0 amide bonds. The van der Waals surface area contributed by atoms with Crippen molar-refractivity contribution in [3.05, 3.63) is 48.3 Å². The maximum Gasteiger partial charge on any atom is 0.492 e. The lowest BCUT2D eigenvalue weighted by molar-refractivity contribution is -0.189. The summed E-state index contributed by atoms with van der Waals surface area (Å²) in [5, 5.41) is 3.79. The van der Waals surface area contributed by atoms with E-state index < -0.39 is 22.4 Å². The molecule has 0 atom stereocenters. The second-order valence-corrected chi connectivity index (χ2v) is 7.70. The topological polar surface area (TPSA) is 129 Å². The van der Waals surface area contributed by atoms with Gasteiger partial charge in [-0.25, -0.2) is 14.8 Å². The van der Waals surface area contributed by atoms with Gasteiger partial charge in [-0.05, 0) is 23.8 Å². The summed E-state index contributed by atoms with van der Waals surface area (Å²) in [4.78, 5) is 19.1. The van der Waals surface area contributed by atoms with Crippen LogP contribution in [0.3, 0.4) is 0 Å². The van der Waals surface area contributed by atoms with Crippen LogP contribution >= 0.6 is 0 Å². The molecule has 3 rings (SSSR count). The van der Waals surface area contributed by atoms with Crippen LogP contribution < -0.4 is 19.5 Å². The van der Waals surface area contributed by atoms with Crippen molar-refractivity contribution < 1.29 is 40.0 Å². The average molecular weight is 486 g/mol. The Bertz CT molecular complexity index is 1270. The van der Waals surface area contributed by atoms with Gasteiger partial charge in [-0.2, -0.15) is 21.6 Å². The van der Waals surface area contributed by atoms with Gasteiger partial charge in [-0.15, -0.1) is 0 Å². The minimum absolute atomic E-state index is 0.0990. The Morgan fingerprint density at radius 2 is 1.67 bits per heavy atom. The van der Waals surface area contributed by atoms with Crippen molar-refractivity contribution >= 4 is 38.7 Å². The van der Waals surface area contributed by atoms with Crippen molar-refractivity contribution in [3.8, 4) is 11.5 Å².